The second-order valence-electron chi connectivity index (χ2n) is 5.89. The molecule has 0 spiro atoms. The SMILES string of the molecule is CCn1nccc1CN1CCc2nc(-c3cncnc3)ncc2C1. The van der Waals surface area contributed by atoms with E-state index in [0.717, 1.165) is 43.9 Å². The maximum Gasteiger partial charge on any atom is 0.162 e. The predicted octanol–water partition coefficient (Wildman–Crippen LogP) is 1.71. The number of nitrogens with zero attached hydrogens (tertiary/aromatic N) is 7. The minimum Gasteiger partial charge on any atom is -0.293 e. The minimum absolute atomic E-state index is 0.701. The van der Waals surface area contributed by atoms with E-state index >= 15 is 0 Å². The molecule has 0 saturated carbocycles. The number of aryl methyl sites for hydroxylation is 1. The van der Waals surface area contributed by atoms with E-state index in [2.05, 4.69) is 37.9 Å². The summed E-state index contributed by atoms with van der Waals surface area (Å²) in [5.41, 5.74) is 4.43. The van der Waals surface area contributed by atoms with Crippen LogP contribution in [0.3, 0.4) is 0 Å². The molecule has 7 heteroatoms. The quantitative estimate of drug-likeness (QED) is 0.728. The van der Waals surface area contributed by atoms with Gasteiger partial charge in [0.25, 0.3) is 0 Å². The Morgan fingerprint density at radius 2 is 2.04 bits per heavy atom. The van der Waals surface area contributed by atoms with Crippen LogP contribution in [0, 0.1) is 0 Å². The summed E-state index contributed by atoms with van der Waals surface area (Å²) in [5.74, 6) is 0.701. The van der Waals surface area contributed by atoms with Crippen molar-refractivity contribution >= 4 is 0 Å². The lowest BCUT2D eigenvalue weighted by molar-refractivity contribution is 0.235. The van der Waals surface area contributed by atoms with Crippen LogP contribution in [-0.4, -0.2) is 41.2 Å². The Labute approximate surface area is 140 Å². The molecule has 0 amide bonds. The van der Waals surface area contributed by atoms with Gasteiger partial charge in [-0.1, -0.05) is 0 Å². The van der Waals surface area contributed by atoms with Gasteiger partial charge < -0.3 is 0 Å². The molecule has 1 aliphatic heterocycles. The maximum atomic E-state index is 4.71. The van der Waals surface area contributed by atoms with Gasteiger partial charge in [-0.05, 0) is 13.0 Å². The highest BCUT2D eigenvalue weighted by atomic mass is 15.3. The van der Waals surface area contributed by atoms with Crippen molar-refractivity contribution in [2.24, 2.45) is 0 Å². The molecule has 0 N–H and O–H groups in total. The number of rotatable bonds is 4. The number of fused-ring (bicyclic) bond motifs is 1. The highest BCUT2D eigenvalue weighted by Gasteiger charge is 2.20. The zero-order valence-electron chi connectivity index (χ0n) is 13.6. The summed E-state index contributed by atoms with van der Waals surface area (Å²) >= 11 is 0. The van der Waals surface area contributed by atoms with Crippen LogP contribution < -0.4 is 0 Å². The first-order chi connectivity index (χ1) is 11.8. The van der Waals surface area contributed by atoms with Crippen molar-refractivity contribution in [3.63, 3.8) is 0 Å². The molecule has 0 unspecified atom stereocenters. The largest absolute Gasteiger partial charge is 0.293 e. The Morgan fingerprint density at radius 3 is 2.88 bits per heavy atom. The average Bonchev–Trinajstić information content (AvgIpc) is 3.09. The van der Waals surface area contributed by atoms with Gasteiger partial charge in [0.1, 0.15) is 6.33 Å². The van der Waals surface area contributed by atoms with Gasteiger partial charge in [0, 0.05) is 63.0 Å². The summed E-state index contributed by atoms with van der Waals surface area (Å²) < 4.78 is 2.05. The van der Waals surface area contributed by atoms with E-state index < -0.39 is 0 Å². The smallest absolute Gasteiger partial charge is 0.162 e. The van der Waals surface area contributed by atoms with Crippen LogP contribution in [-0.2, 0) is 26.1 Å². The van der Waals surface area contributed by atoms with Crippen molar-refractivity contribution in [1.82, 2.24) is 34.6 Å². The average molecular weight is 321 g/mol. The van der Waals surface area contributed by atoms with Crippen LogP contribution in [0.2, 0.25) is 0 Å². The molecular formula is C17H19N7. The van der Waals surface area contributed by atoms with Crippen molar-refractivity contribution in [3.05, 3.63) is 54.1 Å². The molecule has 0 saturated heterocycles. The lowest BCUT2D eigenvalue weighted by atomic mass is 10.1. The molecule has 0 fully saturated rings. The van der Waals surface area contributed by atoms with Crippen LogP contribution in [0.15, 0.2) is 37.2 Å². The van der Waals surface area contributed by atoms with E-state index in [1.165, 1.54) is 17.6 Å². The molecule has 4 rings (SSSR count). The van der Waals surface area contributed by atoms with Crippen LogP contribution in [0.5, 0.6) is 0 Å². The summed E-state index contributed by atoms with van der Waals surface area (Å²) in [6, 6.07) is 2.09. The minimum atomic E-state index is 0.701. The number of hydrogen-bond acceptors (Lipinski definition) is 6. The standard InChI is InChI=1S/C17H19N7/c1-2-24-15(3-5-21-24)11-23-6-4-16-14(10-23)9-20-17(22-16)13-7-18-12-19-8-13/h3,5,7-9,12H,2,4,6,10-11H2,1H3. The highest BCUT2D eigenvalue weighted by molar-refractivity contribution is 5.52. The van der Waals surface area contributed by atoms with Gasteiger partial charge in [-0.25, -0.2) is 19.9 Å². The molecule has 0 radical (unpaired) electrons. The van der Waals surface area contributed by atoms with E-state index in [1.54, 1.807) is 12.4 Å². The third-order valence-corrected chi connectivity index (χ3v) is 4.32. The summed E-state index contributed by atoms with van der Waals surface area (Å²) in [7, 11) is 0. The van der Waals surface area contributed by atoms with Gasteiger partial charge in [0.15, 0.2) is 5.82 Å². The topological polar surface area (TPSA) is 72.6 Å². The van der Waals surface area contributed by atoms with Crippen LogP contribution in [0.4, 0.5) is 0 Å². The van der Waals surface area contributed by atoms with Gasteiger partial charge in [-0.15, -0.1) is 0 Å². The summed E-state index contributed by atoms with van der Waals surface area (Å²) in [6.45, 7) is 5.78. The predicted molar refractivity (Wildman–Crippen MR) is 88.8 cm³/mol. The molecule has 0 atom stereocenters. The maximum absolute atomic E-state index is 4.71. The first-order valence-corrected chi connectivity index (χ1v) is 8.16. The van der Waals surface area contributed by atoms with Crippen molar-refractivity contribution in [1.29, 1.82) is 0 Å². The Morgan fingerprint density at radius 1 is 1.17 bits per heavy atom. The molecule has 0 bridgehead atoms. The Hall–Kier alpha value is -2.67. The van der Waals surface area contributed by atoms with Crippen LogP contribution in [0.25, 0.3) is 11.4 Å². The zero-order valence-corrected chi connectivity index (χ0v) is 13.6. The monoisotopic (exact) mass is 321 g/mol. The van der Waals surface area contributed by atoms with E-state index in [1.807, 2.05) is 17.1 Å². The van der Waals surface area contributed by atoms with Crippen LogP contribution >= 0.6 is 0 Å². The number of aromatic nitrogens is 6. The summed E-state index contributed by atoms with van der Waals surface area (Å²) in [4.78, 5) is 19.7. The van der Waals surface area contributed by atoms with Gasteiger partial charge in [-0.2, -0.15) is 5.10 Å². The molecule has 4 heterocycles. The van der Waals surface area contributed by atoms with Crippen molar-refractivity contribution in [3.8, 4) is 11.4 Å². The normalized spacial score (nSPS) is 14.5. The fourth-order valence-electron chi connectivity index (χ4n) is 3.07. The second-order valence-corrected chi connectivity index (χ2v) is 5.89. The van der Waals surface area contributed by atoms with E-state index in [0.29, 0.717) is 5.82 Å². The first-order valence-electron chi connectivity index (χ1n) is 8.16. The molecule has 0 aromatic carbocycles. The first kappa shape index (κ1) is 14.9. The Bertz CT molecular complexity index is 828. The fraction of sp³-hybridized carbons (Fsp3) is 0.353. The molecule has 3 aromatic rings. The van der Waals surface area contributed by atoms with Crippen molar-refractivity contribution < 1.29 is 0 Å². The van der Waals surface area contributed by atoms with Gasteiger partial charge in [0.2, 0.25) is 0 Å². The van der Waals surface area contributed by atoms with E-state index in [-0.39, 0.29) is 0 Å². The summed E-state index contributed by atoms with van der Waals surface area (Å²) in [6.07, 6.45) is 9.74. The molecule has 1 aliphatic rings. The third kappa shape index (κ3) is 2.90. The Balaban J connectivity index is 1.52. The van der Waals surface area contributed by atoms with Crippen molar-refractivity contribution in [2.45, 2.75) is 33.0 Å². The zero-order chi connectivity index (χ0) is 16.4. The lowest BCUT2D eigenvalue weighted by Gasteiger charge is -2.28. The van der Waals surface area contributed by atoms with Gasteiger partial charge >= 0.3 is 0 Å². The lowest BCUT2D eigenvalue weighted by Crippen LogP contribution is -2.31. The van der Waals surface area contributed by atoms with Crippen LogP contribution in [0.1, 0.15) is 23.9 Å². The van der Waals surface area contributed by atoms with E-state index in [9.17, 15) is 0 Å². The van der Waals surface area contributed by atoms with Gasteiger partial charge in [-0.3, -0.25) is 9.58 Å². The molecule has 24 heavy (non-hydrogen) atoms. The molecule has 7 nitrogen and oxygen atoms in total. The second kappa shape index (κ2) is 6.45. The number of hydrogen-bond donors (Lipinski definition) is 0. The van der Waals surface area contributed by atoms with Crippen molar-refractivity contribution in [2.75, 3.05) is 6.54 Å². The molecule has 122 valence electrons. The fourth-order valence-corrected chi connectivity index (χ4v) is 3.07. The molecule has 0 aliphatic carbocycles. The molecule has 3 aromatic heterocycles. The highest BCUT2D eigenvalue weighted by Crippen LogP contribution is 2.21. The van der Waals surface area contributed by atoms with Gasteiger partial charge in [0.05, 0.1) is 17.0 Å². The van der Waals surface area contributed by atoms with E-state index in [4.69, 9.17) is 4.98 Å². The Kier molecular flexibility index (Phi) is 4.00. The summed E-state index contributed by atoms with van der Waals surface area (Å²) in [5, 5.41) is 4.34. The third-order valence-electron chi connectivity index (χ3n) is 4.32. The molecular weight excluding hydrogens is 302 g/mol.